The number of hydrogen-bond donors (Lipinski definition) is 1. The Kier molecular flexibility index (Phi) is 3.36. The molecular formula is C18H23N3. The van der Waals surface area contributed by atoms with Gasteiger partial charge in [0.2, 0.25) is 0 Å². The minimum Gasteiger partial charge on any atom is -0.370 e. The molecule has 1 aliphatic rings. The summed E-state index contributed by atoms with van der Waals surface area (Å²) in [7, 11) is 0. The van der Waals surface area contributed by atoms with Crippen molar-refractivity contribution >= 4 is 16.7 Å². The van der Waals surface area contributed by atoms with E-state index >= 15 is 0 Å². The van der Waals surface area contributed by atoms with Gasteiger partial charge in [0.1, 0.15) is 0 Å². The zero-order valence-corrected chi connectivity index (χ0v) is 13.0. The van der Waals surface area contributed by atoms with E-state index < -0.39 is 0 Å². The molecule has 2 aromatic carbocycles. The van der Waals surface area contributed by atoms with Crippen LogP contribution in [0.15, 0.2) is 47.5 Å². The molecule has 1 atom stereocenters. The second kappa shape index (κ2) is 5.06. The molecular weight excluding hydrogens is 258 g/mol. The van der Waals surface area contributed by atoms with E-state index in [4.69, 9.17) is 5.73 Å². The summed E-state index contributed by atoms with van der Waals surface area (Å²) < 4.78 is 0. The van der Waals surface area contributed by atoms with Crippen LogP contribution in [0.2, 0.25) is 0 Å². The maximum absolute atomic E-state index is 6.16. The van der Waals surface area contributed by atoms with Crippen LogP contribution in [0, 0.1) is 5.92 Å². The standard InChI is InChI=1S/C18H23N3/c1-13(2)11-21-17(19)20-12-18(21,3)16-10-6-8-14-7-4-5-9-15(14)16/h4-10,13H,11-12H2,1-3H3,(H2,19,20). The highest BCUT2D eigenvalue weighted by atomic mass is 15.4. The lowest BCUT2D eigenvalue weighted by Gasteiger charge is -2.38. The molecule has 0 aromatic heterocycles. The maximum atomic E-state index is 6.16. The van der Waals surface area contributed by atoms with Crippen molar-refractivity contribution < 1.29 is 0 Å². The van der Waals surface area contributed by atoms with Crippen LogP contribution in [0.4, 0.5) is 0 Å². The third-order valence-electron chi connectivity index (χ3n) is 4.34. The van der Waals surface area contributed by atoms with Gasteiger partial charge >= 0.3 is 0 Å². The van der Waals surface area contributed by atoms with Gasteiger partial charge in [-0.3, -0.25) is 4.99 Å². The monoisotopic (exact) mass is 281 g/mol. The van der Waals surface area contributed by atoms with Gasteiger partial charge in [-0.2, -0.15) is 0 Å². The molecule has 2 N–H and O–H groups in total. The number of nitrogens with zero attached hydrogens (tertiary/aromatic N) is 2. The predicted octanol–water partition coefficient (Wildman–Crippen LogP) is 3.34. The number of hydrogen-bond acceptors (Lipinski definition) is 3. The molecule has 3 rings (SSSR count). The van der Waals surface area contributed by atoms with Crippen molar-refractivity contribution in [2.75, 3.05) is 13.1 Å². The fraction of sp³-hybridized carbons (Fsp3) is 0.389. The van der Waals surface area contributed by atoms with Gasteiger partial charge in [-0.15, -0.1) is 0 Å². The summed E-state index contributed by atoms with van der Waals surface area (Å²) in [4.78, 5) is 6.79. The molecule has 0 fully saturated rings. The van der Waals surface area contributed by atoms with Crippen LogP contribution in [-0.2, 0) is 5.54 Å². The Morgan fingerprint density at radius 2 is 1.90 bits per heavy atom. The molecule has 110 valence electrons. The molecule has 0 bridgehead atoms. The van der Waals surface area contributed by atoms with Gasteiger partial charge in [-0.25, -0.2) is 0 Å². The second-order valence-electron chi connectivity index (χ2n) is 6.48. The van der Waals surface area contributed by atoms with E-state index in [2.05, 4.69) is 73.1 Å². The van der Waals surface area contributed by atoms with Gasteiger partial charge in [-0.1, -0.05) is 56.3 Å². The van der Waals surface area contributed by atoms with E-state index in [0.717, 1.165) is 13.1 Å². The number of rotatable bonds is 3. The molecule has 0 spiro atoms. The van der Waals surface area contributed by atoms with Gasteiger partial charge in [-0.05, 0) is 29.2 Å². The summed E-state index contributed by atoms with van der Waals surface area (Å²) in [6, 6.07) is 15.0. The van der Waals surface area contributed by atoms with Crippen molar-refractivity contribution in [3.63, 3.8) is 0 Å². The van der Waals surface area contributed by atoms with E-state index in [1.165, 1.54) is 16.3 Å². The summed E-state index contributed by atoms with van der Waals surface area (Å²) in [6.45, 7) is 8.33. The lowest BCUT2D eigenvalue weighted by molar-refractivity contribution is 0.206. The largest absolute Gasteiger partial charge is 0.370 e. The van der Waals surface area contributed by atoms with Crippen molar-refractivity contribution in [3.05, 3.63) is 48.0 Å². The topological polar surface area (TPSA) is 41.6 Å². The number of aliphatic imine (C=N–C) groups is 1. The Morgan fingerprint density at radius 1 is 1.19 bits per heavy atom. The lowest BCUT2D eigenvalue weighted by Crippen LogP contribution is -2.49. The van der Waals surface area contributed by atoms with Crippen molar-refractivity contribution in [1.29, 1.82) is 0 Å². The predicted molar refractivity (Wildman–Crippen MR) is 89.3 cm³/mol. The van der Waals surface area contributed by atoms with Gasteiger partial charge in [0.15, 0.2) is 5.96 Å². The van der Waals surface area contributed by atoms with Crippen LogP contribution in [0.5, 0.6) is 0 Å². The number of nitrogens with two attached hydrogens (primary N) is 1. The molecule has 1 unspecified atom stereocenters. The molecule has 3 nitrogen and oxygen atoms in total. The molecule has 0 saturated carbocycles. The molecule has 2 aromatic rings. The summed E-state index contributed by atoms with van der Waals surface area (Å²) >= 11 is 0. The van der Waals surface area contributed by atoms with Crippen LogP contribution in [-0.4, -0.2) is 23.9 Å². The number of fused-ring (bicyclic) bond motifs is 1. The summed E-state index contributed by atoms with van der Waals surface area (Å²) in [5, 5.41) is 2.56. The highest BCUT2D eigenvalue weighted by Crippen LogP contribution is 2.37. The molecule has 0 saturated heterocycles. The van der Waals surface area contributed by atoms with Crippen molar-refractivity contribution in [2.45, 2.75) is 26.3 Å². The molecule has 1 aliphatic heterocycles. The van der Waals surface area contributed by atoms with Gasteiger partial charge in [0, 0.05) is 6.54 Å². The zero-order valence-electron chi connectivity index (χ0n) is 13.0. The molecule has 0 radical (unpaired) electrons. The fourth-order valence-electron chi connectivity index (χ4n) is 3.24. The van der Waals surface area contributed by atoms with Crippen molar-refractivity contribution in [1.82, 2.24) is 4.90 Å². The minimum absolute atomic E-state index is 0.158. The second-order valence-corrected chi connectivity index (χ2v) is 6.48. The maximum Gasteiger partial charge on any atom is 0.192 e. The van der Waals surface area contributed by atoms with Crippen LogP contribution >= 0.6 is 0 Å². The first kappa shape index (κ1) is 13.9. The van der Waals surface area contributed by atoms with Crippen molar-refractivity contribution in [2.24, 2.45) is 16.6 Å². The Hall–Kier alpha value is -2.03. The molecule has 21 heavy (non-hydrogen) atoms. The van der Waals surface area contributed by atoms with Gasteiger partial charge in [0.25, 0.3) is 0 Å². The lowest BCUT2D eigenvalue weighted by atomic mass is 9.86. The highest BCUT2D eigenvalue weighted by molar-refractivity contribution is 5.89. The minimum atomic E-state index is -0.158. The van der Waals surface area contributed by atoms with Gasteiger partial charge < -0.3 is 10.6 Å². The summed E-state index contributed by atoms with van der Waals surface area (Å²) in [5.41, 5.74) is 7.31. The zero-order chi connectivity index (χ0) is 15.0. The summed E-state index contributed by atoms with van der Waals surface area (Å²) in [6.07, 6.45) is 0. The quantitative estimate of drug-likeness (QED) is 0.937. The Labute approximate surface area is 126 Å². The van der Waals surface area contributed by atoms with Crippen LogP contribution in [0.3, 0.4) is 0 Å². The summed E-state index contributed by atoms with van der Waals surface area (Å²) in [5.74, 6) is 1.21. The first-order valence-corrected chi connectivity index (χ1v) is 7.58. The van der Waals surface area contributed by atoms with E-state index in [9.17, 15) is 0 Å². The average molecular weight is 281 g/mol. The Bertz CT molecular complexity index is 684. The first-order valence-electron chi connectivity index (χ1n) is 7.58. The molecule has 0 amide bonds. The fourth-order valence-corrected chi connectivity index (χ4v) is 3.24. The normalized spacial score (nSPS) is 22.1. The van der Waals surface area contributed by atoms with Gasteiger partial charge in [0.05, 0.1) is 12.1 Å². The molecule has 3 heteroatoms. The molecule has 0 aliphatic carbocycles. The highest BCUT2D eigenvalue weighted by Gasteiger charge is 2.40. The Balaban J connectivity index is 2.12. The van der Waals surface area contributed by atoms with Crippen LogP contribution < -0.4 is 5.73 Å². The van der Waals surface area contributed by atoms with E-state index in [0.29, 0.717) is 11.9 Å². The SMILES string of the molecule is CC(C)CN1C(N)=NCC1(C)c1cccc2ccccc12. The van der Waals surface area contributed by atoms with E-state index in [1.54, 1.807) is 0 Å². The van der Waals surface area contributed by atoms with Crippen molar-refractivity contribution in [3.8, 4) is 0 Å². The first-order chi connectivity index (χ1) is 10.0. The third kappa shape index (κ3) is 2.27. The van der Waals surface area contributed by atoms with E-state index in [-0.39, 0.29) is 5.54 Å². The smallest absolute Gasteiger partial charge is 0.192 e. The van der Waals surface area contributed by atoms with E-state index in [1.807, 2.05) is 0 Å². The number of benzene rings is 2. The number of guanidine groups is 1. The molecule has 1 heterocycles. The average Bonchev–Trinajstić information content (AvgIpc) is 2.76. The Morgan fingerprint density at radius 3 is 2.67 bits per heavy atom. The third-order valence-corrected chi connectivity index (χ3v) is 4.34. The van der Waals surface area contributed by atoms with Crippen LogP contribution in [0.25, 0.3) is 10.8 Å². The van der Waals surface area contributed by atoms with Crippen LogP contribution in [0.1, 0.15) is 26.3 Å².